The molecule has 0 bridgehead atoms. The molecule has 0 aliphatic carbocycles. The molecule has 1 aliphatic rings. The van der Waals surface area contributed by atoms with Gasteiger partial charge in [-0.25, -0.2) is 0 Å². The summed E-state index contributed by atoms with van der Waals surface area (Å²) in [6.07, 6.45) is 6.04. The van der Waals surface area contributed by atoms with Crippen molar-refractivity contribution in [2.24, 2.45) is 0 Å². The Kier molecular flexibility index (Phi) is 4.84. The molecule has 0 radical (unpaired) electrons. The Hall–Kier alpha value is -3.70. The fourth-order valence-electron chi connectivity index (χ4n) is 4.93. The SMILES string of the molecule is Cc1c(C2c3[nH]c4ccccc4c3CCN2C(=O)C=Cc2ccccn2)sc2ccccc12. The lowest BCUT2D eigenvalue weighted by atomic mass is 9.94. The van der Waals surface area contributed by atoms with E-state index < -0.39 is 0 Å². The van der Waals surface area contributed by atoms with Crippen molar-refractivity contribution in [1.29, 1.82) is 0 Å². The number of benzene rings is 2. The predicted molar refractivity (Wildman–Crippen MR) is 135 cm³/mol. The third kappa shape index (κ3) is 3.36. The van der Waals surface area contributed by atoms with Gasteiger partial charge in [0, 0.05) is 45.0 Å². The first-order chi connectivity index (χ1) is 16.2. The molecule has 1 unspecified atom stereocenters. The summed E-state index contributed by atoms with van der Waals surface area (Å²) in [4.78, 5) is 24.7. The molecule has 2 aromatic carbocycles. The zero-order chi connectivity index (χ0) is 22.4. The van der Waals surface area contributed by atoms with Gasteiger partial charge in [0.25, 0.3) is 0 Å². The highest BCUT2D eigenvalue weighted by Gasteiger charge is 2.35. The second-order valence-corrected chi connectivity index (χ2v) is 9.51. The minimum atomic E-state index is -0.139. The quantitative estimate of drug-likeness (QED) is 0.330. The maximum atomic E-state index is 13.5. The summed E-state index contributed by atoms with van der Waals surface area (Å²) in [5.41, 5.74) is 5.62. The molecule has 1 amide bonds. The number of carbonyl (C=O) groups excluding carboxylic acids is 1. The van der Waals surface area contributed by atoms with Crippen molar-refractivity contribution in [2.45, 2.75) is 19.4 Å². The number of aromatic amines is 1. The fraction of sp³-hybridized carbons (Fsp3) is 0.143. The number of hydrogen-bond donors (Lipinski definition) is 1. The summed E-state index contributed by atoms with van der Waals surface area (Å²) in [6.45, 7) is 2.86. The molecular formula is C28H23N3OS. The molecule has 33 heavy (non-hydrogen) atoms. The molecule has 5 aromatic rings. The van der Waals surface area contributed by atoms with Gasteiger partial charge in [-0.2, -0.15) is 0 Å². The van der Waals surface area contributed by atoms with Crippen molar-refractivity contribution in [3.05, 3.63) is 106 Å². The lowest BCUT2D eigenvalue weighted by Gasteiger charge is -2.35. The smallest absolute Gasteiger partial charge is 0.247 e. The van der Waals surface area contributed by atoms with Gasteiger partial charge in [-0.15, -0.1) is 11.3 Å². The lowest BCUT2D eigenvalue weighted by Crippen LogP contribution is -2.39. The molecule has 4 nitrogen and oxygen atoms in total. The number of thiophene rings is 1. The first kappa shape index (κ1) is 19.9. The van der Waals surface area contributed by atoms with Crippen LogP contribution in [0, 0.1) is 6.92 Å². The van der Waals surface area contributed by atoms with E-state index >= 15 is 0 Å². The first-order valence-electron chi connectivity index (χ1n) is 11.2. The zero-order valence-corrected chi connectivity index (χ0v) is 19.1. The second-order valence-electron chi connectivity index (χ2n) is 8.42. The van der Waals surface area contributed by atoms with Crippen molar-refractivity contribution in [2.75, 3.05) is 6.54 Å². The average Bonchev–Trinajstić information content (AvgIpc) is 3.40. The third-order valence-electron chi connectivity index (χ3n) is 6.53. The summed E-state index contributed by atoms with van der Waals surface area (Å²) in [5.74, 6) is 0.00631. The highest BCUT2D eigenvalue weighted by molar-refractivity contribution is 7.19. The van der Waals surface area contributed by atoms with Gasteiger partial charge in [-0.1, -0.05) is 42.5 Å². The number of rotatable bonds is 3. The van der Waals surface area contributed by atoms with Crippen LogP contribution in [0.2, 0.25) is 0 Å². The first-order valence-corrected chi connectivity index (χ1v) is 12.0. The van der Waals surface area contributed by atoms with Gasteiger partial charge in [0.1, 0.15) is 6.04 Å². The topological polar surface area (TPSA) is 49.0 Å². The van der Waals surface area contributed by atoms with Gasteiger partial charge < -0.3 is 9.88 Å². The standard InChI is InChI=1S/C28H23N3OS/c1-18-20-9-3-5-12-24(20)33-28(18)27-26-22(21-10-2-4-11-23(21)30-26)15-17-31(27)25(32)14-13-19-8-6-7-16-29-19/h2-14,16,27,30H,15,17H2,1H3. The van der Waals surface area contributed by atoms with Crippen molar-refractivity contribution in [1.82, 2.24) is 14.9 Å². The molecule has 0 saturated heterocycles. The zero-order valence-electron chi connectivity index (χ0n) is 18.3. The van der Waals surface area contributed by atoms with Crippen LogP contribution in [0.15, 0.2) is 79.0 Å². The number of aromatic nitrogens is 2. The van der Waals surface area contributed by atoms with Crippen LogP contribution < -0.4 is 0 Å². The molecule has 1 aliphatic heterocycles. The maximum absolute atomic E-state index is 13.5. The van der Waals surface area contributed by atoms with Gasteiger partial charge in [0.15, 0.2) is 0 Å². The number of fused-ring (bicyclic) bond motifs is 4. The monoisotopic (exact) mass is 449 g/mol. The Morgan fingerprint density at radius 3 is 2.67 bits per heavy atom. The molecule has 0 spiro atoms. The van der Waals surface area contributed by atoms with Crippen LogP contribution in [-0.4, -0.2) is 27.3 Å². The number of hydrogen-bond acceptors (Lipinski definition) is 3. The van der Waals surface area contributed by atoms with Crippen LogP contribution in [0.4, 0.5) is 0 Å². The number of nitrogens with zero attached hydrogens (tertiary/aromatic N) is 2. The molecule has 0 saturated carbocycles. The number of amides is 1. The Balaban J connectivity index is 1.49. The number of nitrogens with one attached hydrogen (secondary N) is 1. The number of aryl methyl sites for hydroxylation is 1. The predicted octanol–water partition coefficient (Wildman–Crippen LogP) is 6.27. The Bertz CT molecular complexity index is 1510. The van der Waals surface area contributed by atoms with Gasteiger partial charge in [0.05, 0.1) is 5.69 Å². The lowest BCUT2D eigenvalue weighted by molar-refractivity contribution is -0.127. The van der Waals surface area contributed by atoms with Crippen LogP contribution in [-0.2, 0) is 11.2 Å². The maximum Gasteiger partial charge on any atom is 0.247 e. The van der Waals surface area contributed by atoms with Crippen LogP contribution in [0.5, 0.6) is 0 Å². The van der Waals surface area contributed by atoms with Crippen LogP contribution >= 0.6 is 11.3 Å². The van der Waals surface area contributed by atoms with Crippen molar-refractivity contribution < 1.29 is 4.79 Å². The van der Waals surface area contributed by atoms with E-state index in [4.69, 9.17) is 0 Å². The minimum Gasteiger partial charge on any atom is -0.356 e. The van der Waals surface area contributed by atoms with Crippen molar-refractivity contribution in [3.63, 3.8) is 0 Å². The van der Waals surface area contributed by atoms with Crippen LogP contribution in [0.3, 0.4) is 0 Å². The third-order valence-corrected chi connectivity index (χ3v) is 7.86. The van der Waals surface area contributed by atoms with Gasteiger partial charge >= 0.3 is 0 Å². The van der Waals surface area contributed by atoms with E-state index in [1.807, 2.05) is 23.1 Å². The van der Waals surface area contributed by atoms with E-state index in [1.54, 1.807) is 29.7 Å². The molecule has 1 N–H and O–H groups in total. The number of pyridine rings is 1. The number of para-hydroxylation sites is 1. The average molecular weight is 450 g/mol. The molecule has 4 heterocycles. The normalized spacial score (nSPS) is 16.0. The fourth-order valence-corrected chi connectivity index (χ4v) is 6.27. The largest absolute Gasteiger partial charge is 0.356 e. The molecule has 6 rings (SSSR count). The molecular weight excluding hydrogens is 426 g/mol. The van der Waals surface area contributed by atoms with Crippen LogP contribution in [0.1, 0.15) is 33.4 Å². The highest BCUT2D eigenvalue weighted by Crippen LogP contribution is 2.44. The van der Waals surface area contributed by atoms with E-state index in [-0.39, 0.29) is 11.9 Å². The molecule has 0 fully saturated rings. The molecule has 162 valence electrons. The van der Waals surface area contributed by atoms with Crippen LogP contribution in [0.25, 0.3) is 27.1 Å². The Morgan fingerprint density at radius 2 is 1.85 bits per heavy atom. The summed E-state index contributed by atoms with van der Waals surface area (Å²) in [7, 11) is 0. The van der Waals surface area contributed by atoms with E-state index in [0.29, 0.717) is 6.54 Å². The Labute approximate surface area is 196 Å². The highest BCUT2D eigenvalue weighted by atomic mass is 32.1. The molecule has 1 atom stereocenters. The van der Waals surface area contributed by atoms with Gasteiger partial charge in [0.2, 0.25) is 5.91 Å². The van der Waals surface area contributed by atoms with E-state index in [2.05, 4.69) is 65.4 Å². The van der Waals surface area contributed by atoms with Gasteiger partial charge in [-0.3, -0.25) is 9.78 Å². The van der Waals surface area contributed by atoms with E-state index in [1.165, 1.54) is 31.5 Å². The van der Waals surface area contributed by atoms with Crippen molar-refractivity contribution in [3.8, 4) is 0 Å². The summed E-state index contributed by atoms with van der Waals surface area (Å²) in [6, 6.07) is 22.5. The van der Waals surface area contributed by atoms with Gasteiger partial charge in [-0.05, 0) is 60.2 Å². The number of H-pyrrole nitrogens is 1. The summed E-state index contributed by atoms with van der Waals surface area (Å²) < 4.78 is 1.25. The minimum absolute atomic E-state index is 0.00631. The van der Waals surface area contributed by atoms with E-state index in [0.717, 1.165) is 23.3 Å². The summed E-state index contributed by atoms with van der Waals surface area (Å²) >= 11 is 1.79. The molecule has 3 aromatic heterocycles. The molecule has 5 heteroatoms. The Morgan fingerprint density at radius 1 is 1.06 bits per heavy atom. The summed E-state index contributed by atoms with van der Waals surface area (Å²) in [5, 5.41) is 2.52. The number of carbonyl (C=O) groups is 1. The van der Waals surface area contributed by atoms with E-state index in [9.17, 15) is 4.79 Å². The van der Waals surface area contributed by atoms with Crippen molar-refractivity contribution >= 4 is 44.3 Å². The second kappa shape index (κ2) is 8.01.